The monoisotopic (exact) mass is 486 g/mol. The summed E-state index contributed by atoms with van der Waals surface area (Å²) in [7, 11) is 0. The van der Waals surface area contributed by atoms with Gasteiger partial charge < -0.3 is 18.9 Å². The Labute approximate surface area is 200 Å². The molecule has 0 aromatic heterocycles. The molecule has 4 rings (SSSR count). The molecule has 0 atom stereocenters. The lowest BCUT2D eigenvalue weighted by molar-refractivity contribution is 0.0954. The van der Waals surface area contributed by atoms with Gasteiger partial charge in [0.2, 0.25) is 6.79 Å². The van der Waals surface area contributed by atoms with E-state index < -0.39 is 0 Å². The zero-order chi connectivity index (χ0) is 23.2. The Kier molecular flexibility index (Phi) is 7.22. The highest BCUT2D eigenvalue weighted by Crippen LogP contribution is 2.37. The van der Waals surface area contributed by atoms with Crippen LogP contribution in [-0.2, 0) is 6.61 Å². The molecular weight excluding hydrogens is 467 g/mol. The van der Waals surface area contributed by atoms with Gasteiger partial charge in [-0.05, 0) is 60.5 Å². The molecule has 0 spiro atoms. The van der Waals surface area contributed by atoms with Crippen LogP contribution in [0.25, 0.3) is 0 Å². The molecule has 3 aromatic rings. The number of ether oxygens (including phenoxy) is 4. The van der Waals surface area contributed by atoms with Crippen molar-refractivity contribution in [3.8, 4) is 23.0 Å². The summed E-state index contributed by atoms with van der Waals surface area (Å²) in [5, 5.41) is 5.03. The fraction of sp³-hybridized carbons (Fsp3) is 0.167. The minimum absolute atomic E-state index is 0.140. The molecular formula is C24H20Cl2N2O5. The van der Waals surface area contributed by atoms with Gasteiger partial charge in [-0.3, -0.25) is 4.79 Å². The zero-order valence-electron chi connectivity index (χ0n) is 17.6. The SMILES string of the molecule is CCOc1cc(/C=N\NC(=O)c2ccc3c(c2)OCO3)cc(Cl)c1OCc1ccc(Cl)cc1. The van der Waals surface area contributed by atoms with E-state index in [4.69, 9.17) is 42.1 Å². The first kappa shape index (κ1) is 22.8. The fourth-order valence-corrected chi connectivity index (χ4v) is 3.47. The standard InChI is InChI=1S/C24H20Cl2N2O5/c1-2-30-22-10-16(9-19(26)23(22)31-13-15-3-6-18(25)7-4-15)12-27-28-24(29)17-5-8-20-21(11-17)33-14-32-20/h3-12H,2,13-14H2,1H3,(H,28,29)/b27-12-. The number of nitrogens with one attached hydrogen (secondary N) is 1. The molecule has 170 valence electrons. The maximum Gasteiger partial charge on any atom is 0.271 e. The van der Waals surface area contributed by atoms with E-state index in [0.717, 1.165) is 5.56 Å². The van der Waals surface area contributed by atoms with Crippen LogP contribution in [-0.4, -0.2) is 25.5 Å². The third-order valence-electron chi connectivity index (χ3n) is 4.64. The lowest BCUT2D eigenvalue weighted by Crippen LogP contribution is -2.17. The highest BCUT2D eigenvalue weighted by molar-refractivity contribution is 6.32. The van der Waals surface area contributed by atoms with Crippen molar-refractivity contribution in [3.63, 3.8) is 0 Å². The van der Waals surface area contributed by atoms with Gasteiger partial charge >= 0.3 is 0 Å². The summed E-state index contributed by atoms with van der Waals surface area (Å²) in [5.41, 5.74) is 4.45. The first-order valence-electron chi connectivity index (χ1n) is 10.1. The second-order valence-corrected chi connectivity index (χ2v) is 7.79. The highest BCUT2D eigenvalue weighted by Gasteiger charge is 2.16. The molecule has 3 aromatic carbocycles. The van der Waals surface area contributed by atoms with Crippen molar-refractivity contribution in [2.24, 2.45) is 5.10 Å². The molecule has 0 unspecified atom stereocenters. The molecule has 0 radical (unpaired) electrons. The van der Waals surface area contributed by atoms with E-state index >= 15 is 0 Å². The molecule has 0 saturated heterocycles. The van der Waals surface area contributed by atoms with Crippen LogP contribution in [0.5, 0.6) is 23.0 Å². The number of amides is 1. The van der Waals surface area contributed by atoms with E-state index in [1.165, 1.54) is 6.21 Å². The average Bonchev–Trinajstić information content (AvgIpc) is 3.28. The number of hydrazone groups is 1. The van der Waals surface area contributed by atoms with Crippen molar-refractivity contribution in [1.82, 2.24) is 5.43 Å². The molecule has 0 saturated carbocycles. The minimum atomic E-state index is -0.386. The smallest absolute Gasteiger partial charge is 0.271 e. The molecule has 33 heavy (non-hydrogen) atoms. The summed E-state index contributed by atoms with van der Waals surface area (Å²) in [6.45, 7) is 2.73. The second kappa shape index (κ2) is 10.5. The van der Waals surface area contributed by atoms with Crippen LogP contribution in [0.2, 0.25) is 10.0 Å². The summed E-state index contributed by atoms with van der Waals surface area (Å²) < 4.78 is 22.1. The summed E-state index contributed by atoms with van der Waals surface area (Å²) in [4.78, 5) is 12.4. The van der Waals surface area contributed by atoms with Gasteiger partial charge in [-0.2, -0.15) is 5.10 Å². The Bertz CT molecular complexity index is 1180. The largest absolute Gasteiger partial charge is 0.490 e. The van der Waals surface area contributed by atoms with Crippen LogP contribution >= 0.6 is 23.2 Å². The number of benzene rings is 3. The molecule has 1 N–H and O–H groups in total. The van der Waals surface area contributed by atoms with Gasteiger partial charge in [0.25, 0.3) is 5.91 Å². The molecule has 7 nitrogen and oxygen atoms in total. The first-order chi connectivity index (χ1) is 16.0. The Morgan fingerprint density at radius 1 is 1.06 bits per heavy atom. The number of rotatable bonds is 8. The first-order valence-corrected chi connectivity index (χ1v) is 10.9. The number of hydrogen-bond acceptors (Lipinski definition) is 6. The van der Waals surface area contributed by atoms with Gasteiger partial charge in [-0.15, -0.1) is 0 Å². The van der Waals surface area contributed by atoms with Gasteiger partial charge in [0.1, 0.15) is 6.61 Å². The summed E-state index contributed by atoms with van der Waals surface area (Å²) in [5.74, 6) is 1.64. The Morgan fingerprint density at radius 3 is 2.64 bits per heavy atom. The molecule has 0 bridgehead atoms. The zero-order valence-corrected chi connectivity index (χ0v) is 19.2. The van der Waals surface area contributed by atoms with E-state index in [0.29, 0.717) is 57.4 Å². The van der Waals surface area contributed by atoms with Crippen molar-refractivity contribution in [2.75, 3.05) is 13.4 Å². The predicted octanol–water partition coefficient (Wildman–Crippen LogP) is 5.46. The van der Waals surface area contributed by atoms with Crippen LogP contribution in [0, 0.1) is 0 Å². The van der Waals surface area contributed by atoms with Gasteiger partial charge in [-0.1, -0.05) is 35.3 Å². The van der Waals surface area contributed by atoms with Crippen molar-refractivity contribution >= 4 is 35.3 Å². The third kappa shape index (κ3) is 5.69. The lowest BCUT2D eigenvalue weighted by atomic mass is 10.2. The molecule has 1 aliphatic rings. The van der Waals surface area contributed by atoms with E-state index in [2.05, 4.69) is 10.5 Å². The minimum Gasteiger partial charge on any atom is -0.490 e. The van der Waals surface area contributed by atoms with Crippen LogP contribution in [0.3, 0.4) is 0 Å². The summed E-state index contributed by atoms with van der Waals surface area (Å²) >= 11 is 12.4. The fourth-order valence-electron chi connectivity index (χ4n) is 3.07. The van der Waals surface area contributed by atoms with Crippen LogP contribution in [0.15, 0.2) is 59.7 Å². The van der Waals surface area contributed by atoms with Crippen molar-refractivity contribution in [2.45, 2.75) is 13.5 Å². The third-order valence-corrected chi connectivity index (χ3v) is 5.18. The summed E-state index contributed by atoms with van der Waals surface area (Å²) in [6, 6.07) is 15.7. The molecule has 0 aliphatic carbocycles. The number of fused-ring (bicyclic) bond motifs is 1. The van der Waals surface area contributed by atoms with Crippen molar-refractivity contribution < 1.29 is 23.7 Å². The lowest BCUT2D eigenvalue weighted by Gasteiger charge is -2.14. The normalized spacial score (nSPS) is 12.1. The maximum atomic E-state index is 12.4. The quantitative estimate of drug-likeness (QED) is 0.337. The van der Waals surface area contributed by atoms with Crippen LogP contribution in [0.1, 0.15) is 28.4 Å². The van der Waals surface area contributed by atoms with E-state index in [9.17, 15) is 4.79 Å². The van der Waals surface area contributed by atoms with Crippen LogP contribution < -0.4 is 24.4 Å². The van der Waals surface area contributed by atoms with Gasteiger partial charge in [0.05, 0.1) is 17.8 Å². The van der Waals surface area contributed by atoms with Crippen LogP contribution in [0.4, 0.5) is 0 Å². The molecule has 0 fully saturated rings. The highest BCUT2D eigenvalue weighted by atomic mass is 35.5. The average molecular weight is 487 g/mol. The van der Waals surface area contributed by atoms with Crippen molar-refractivity contribution in [1.29, 1.82) is 0 Å². The van der Waals surface area contributed by atoms with Crippen molar-refractivity contribution in [3.05, 3.63) is 81.3 Å². The summed E-state index contributed by atoms with van der Waals surface area (Å²) in [6.07, 6.45) is 1.47. The molecule has 9 heteroatoms. The number of nitrogens with zero attached hydrogens (tertiary/aromatic N) is 1. The maximum absolute atomic E-state index is 12.4. The molecule has 1 aliphatic heterocycles. The predicted molar refractivity (Wildman–Crippen MR) is 126 cm³/mol. The molecule has 1 amide bonds. The second-order valence-electron chi connectivity index (χ2n) is 6.95. The number of carbonyl (C=O) groups excluding carboxylic acids is 1. The number of halogens is 2. The van der Waals surface area contributed by atoms with E-state index in [1.807, 2.05) is 19.1 Å². The van der Waals surface area contributed by atoms with E-state index in [1.54, 1.807) is 42.5 Å². The number of carbonyl (C=O) groups is 1. The van der Waals surface area contributed by atoms with Gasteiger partial charge in [0.15, 0.2) is 23.0 Å². The Morgan fingerprint density at radius 2 is 1.85 bits per heavy atom. The van der Waals surface area contributed by atoms with Gasteiger partial charge in [0, 0.05) is 10.6 Å². The topological polar surface area (TPSA) is 78.4 Å². The Hall–Kier alpha value is -3.42. The molecule has 1 heterocycles. The number of hydrogen-bond donors (Lipinski definition) is 1. The van der Waals surface area contributed by atoms with Gasteiger partial charge in [-0.25, -0.2) is 5.43 Å². The Balaban J connectivity index is 1.44. The van der Waals surface area contributed by atoms with E-state index in [-0.39, 0.29) is 12.7 Å².